The van der Waals surface area contributed by atoms with Crippen molar-refractivity contribution in [3.8, 4) is 11.3 Å². The molecule has 0 aliphatic rings. The van der Waals surface area contributed by atoms with E-state index < -0.39 is 0 Å². The summed E-state index contributed by atoms with van der Waals surface area (Å²) in [5.41, 5.74) is 7.50. The molecular formula is C11H10BrClN2O. The van der Waals surface area contributed by atoms with E-state index in [4.69, 9.17) is 21.9 Å². The average molecular weight is 302 g/mol. The molecule has 0 aliphatic heterocycles. The van der Waals surface area contributed by atoms with Crippen LogP contribution in [0.5, 0.6) is 0 Å². The Morgan fingerprint density at radius 1 is 1.50 bits per heavy atom. The molecule has 16 heavy (non-hydrogen) atoms. The zero-order chi connectivity index (χ0) is 11.7. The van der Waals surface area contributed by atoms with Crippen molar-refractivity contribution in [2.24, 2.45) is 0 Å². The second-order valence-electron chi connectivity index (χ2n) is 3.35. The normalized spacial score (nSPS) is 10.7. The molecule has 0 saturated carbocycles. The third kappa shape index (κ3) is 1.95. The summed E-state index contributed by atoms with van der Waals surface area (Å²) >= 11 is 9.41. The summed E-state index contributed by atoms with van der Waals surface area (Å²) in [6, 6.07) is 5.50. The first-order chi connectivity index (χ1) is 7.63. The summed E-state index contributed by atoms with van der Waals surface area (Å²) in [6.07, 6.45) is 0.767. The predicted molar refractivity (Wildman–Crippen MR) is 68.4 cm³/mol. The van der Waals surface area contributed by atoms with E-state index in [2.05, 4.69) is 21.1 Å². The zero-order valence-corrected chi connectivity index (χ0v) is 11.0. The van der Waals surface area contributed by atoms with Crippen LogP contribution < -0.4 is 5.73 Å². The zero-order valence-electron chi connectivity index (χ0n) is 8.63. The van der Waals surface area contributed by atoms with Crippen molar-refractivity contribution in [1.29, 1.82) is 0 Å². The molecule has 2 rings (SSSR count). The number of benzene rings is 1. The molecule has 0 radical (unpaired) electrons. The van der Waals surface area contributed by atoms with Gasteiger partial charge < -0.3 is 10.3 Å². The van der Waals surface area contributed by atoms with E-state index in [1.807, 2.05) is 19.1 Å². The van der Waals surface area contributed by atoms with Crippen LogP contribution in [0.3, 0.4) is 0 Å². The van der Waals surface area contributed by atoms with Crippen LogP contribution in [-0.4, -0.2) is 5.16 Å². The lowest BCUT2D eigenvalue weighted by molar-refractivity contribution is 0.435. The number of aromatic nitrogens is 1. The summed E-state index contributed by atoms with van der Waals surface area (Å²) in [7, 11) is 0. The van der Waals surface area contributed by atoms with Gasteiger partial charge in [-0.05, 0) is 24.6 Å². The van der Waals surface area contributed by atoms with Gasteiger partial charge in [0.15, 0.2) is 11.6 Å². The maximum atomic E-state index is 5.95. The maximum Gasteiger partial charge on any atom is 0.173 e. The van der Waals surface area contributed by atoms with Crippen LogP contribution in [0, 0.1) is 0 Å². The molecule has 0 unspecified atom stereocenters. The summed E-state index contributed by atoms with van der Waals surface area (Å²) in [6.45, 7) is 2.00. The minimum absolute atomic E-state index is 0.435. The van der Waals surface area contributed by atoms with Crippen LogP contribution in [0.25, 0.3) is 11.3 Å². The van der Waals surface area contributed by atoms with Crippen LogP contribution in [0.4, 0.5) is 5.82 Å². The molecule has 84 valence electrons. The Labute approximate surface area is 107 Å². The minimum atomic E-state index is 0.435. The third-order valence-electron chi connectivity index (χ3n) is 2.35. The number of nitrogens with zero attached hydrogens (tertiary/aromatic N) is 1. The Hall–Kier alpha value is -1.000. The molecule has 2 aromatic rings. The van der Waals surface area contributed by atoms with Crippen molar-refractivity contribution in [3.63, 3.8) is 0 Å². The van der Waals surface area contributed by atoms with Crippen molar-refractivity contribution in [3.05, 3.63) is 33.3 Å². The summed E-state index contributed by atoms with van der Waals surface area (Å²) in [5, 5.41) is 4.42. The first kappa shape index (κ1) is 11.5. The van der Waals surface area contributed by atoms with Gasteiger partial charge in [-0.3, -0.25) is 0 Å². The molecule has 2 N–H and O–H groups in total. The molecule has 0 fully saturated rings. The lowest BCUT2D eigenvalue weighted by Gasteiger charge is -2.03. The molecule has 5 heteroatoms. The monoisotopic (exact) mass is 300 g/mol. The van der Waals surface area contributed by atoms with Crippen molar-refractivity contribution in [2.75, 3.05) is 5.73 Å². The highest BCUT2D eigenvalue weighted by Gasteiger charge is 2.16. The Balaban J connectivity index is 2.62. The van der Waals surface area contributed by atoms with Crippen LogP contribution in [-0.2, 0) is 6.42 Å². The van der Waals surface area contributed by atoms with Gasteiger partial charge >= 0.3 is 0 Å². The van der Waals surface area contributed by atoms with Crippen molar-refractivity contribution < 1.29 is 4.52 Å². The molecule has 0 aliphatic carbocycles. The second kappa shape index (κ2) is 4.47. The fraction of sp³-hybridized carbons (Fsp3) is 0.182. The number of anilines is 1. The van der Waals surface area contributed by atoms with Crippen LogP contribution >= 0.6 is 27.5 Å². The number of hydrogen-bond acceptors (Lipinski definition) is 3. The highest BCUT2D eigenvalue weighted by molar-refractivity contribution is 9.10. The average Bonchev–Trinajstić information content (AvgIpc) is 2.63. The number of rotatable bonds is 2. The van der Waals surface area contributed by atoms with E-state index in [1.165, 1.54) is 0 Å². The van der Waals surface area contributed by atoms with Crippen LogP contribution in [0.1, 0.15) is 12.5 Å². The first-order valence-corrected chi connectivity index (χ1v) is 6.00. The maximum absolute atomic E-state index is 5.95. The SMILES string of the molecule is CCc1c(N)noc1-c1cc(Cl)ccc1Br. The van der Waals surface area contributed by atoms with E-state index in [-0.39, 0.29) is 0 Å². The van der Waals surface area contributed by atoms with E-state index in [0.29, 0.717) is 16.6 Å². The van der Waals surface area contributed by atoms with E-state index in [0.717, 1.165) is 22.0 Å². The van der Waals surface area contributed by atoms with Gasteiger partial charge in [0.2, 0.25) is 0 Å². The molecular weight excluding hydrogens is 291 g/mol. The fourth-order valence-electron chi connectivity index (χ4n) is 1.55. The number of nitrogens with two attached hydrogens (primary N) is 1. The highest BCUT2D eigenvalue weighted by Crippen LogP contribution is 2.35. The first-order valence-electron chi connectivity index (χ1n) is 4.83. The summed E-state index contributed by atoms with van der Waals surface area (Å²) in [5.74, 6) is 1.11. The standard InChI is InChI=1S/C11H10BrClN2O/c1-2-7-10(16-15-11(7)14)8-5-6(13)3-4-9(8)12/h3-5H,2H2,1H3,(H2,14,15). The van der Waals surface area contributed by atoms with Gasteiger partial charge in [0.25, 0.3) is 0 Å². The second-order valence-corrected chi connectivity index (χ2v) is 4.64. The lowest BCUT2D eigenvalue weighted by Crippen LogP contribution is -1.91. The molecule has 0 amide bonds. The number of hydrogen-bond donors (Lipinski definition) is 1. The van der Waals surface area contributed by atoms with Crippen molar-refractivity contribution >= 4 is 33.3 Å². The van der Waals surface area contributed by atoms with E-state index in [9.17, 15) is 0 Å². The third-order valence-corrected chi connectivity index (χ3v) is 3.27. The van der Waals surface area contributed by atoms with Gasteiger partial charge in [0.1, 0.15) is 0 Å². The van der Waals surface area contributed by atoms with Gasteiger partial charge in [-0.25, -0.2) is 0 Å². The van der Waals surface area contributed by atoms with Gasteiger partial charge in [-0.1, -0.05) is 39.6 Å². The molecule has 0 spiro atoms. The topological polar surface area (TPSA) is 52.0 Å². The smallest absolute Gasteiger partial charge is 0.173 e. The van der Waals surface area contributed by atoms with Crippen molar-refractivity contribution in [2.45, 2.75) is 13.3 Å². The van der Waals surface area contributed by atoms with Crippen LogP contribution in [0.15, 0.2) is 27.2 Å². The van der Waals surface area contributed by atoms with Crippen molar-refractivity contribution in [1.82, 2.24) is 5.16 Å². The van der Waals surface area contributed by atoms with Gasteiger partial charge in [0.05, 0.1) is 0 Å². The Morgan fingerprint density at radius 2 is 2.25 bits per heavy atom. The summed E-state index contributed by atoms with van der Waals surface area (Å²) in [4.78, 5) is 0. The molecule has 0 atom stereocenters. The largest absolute Gasteiger partial charge is 0.381 e. The van der Waals surface area contributed by atoms with Gasteiger partial charge in [-0.2, -0.15) is 0 Å². The minimum Gasteiger partial charge on any atom is -0.381 e. The highest BCUT2D eigenvalue weighted by atomic mass is 79.9. The molecule has 1 heterocycles. The van der Waals surface area contributed by atoms with E-state index >= 15 is 0 Å². The fourth-order valence-corrected chi connectivity index (χ4v) is 2.15. The summed E-state index contributed by atoms with van der Waals surface area (Å²) < 4.78 is 6.15. The molecule has 3 nitrogen and oxygen atoms in total. The van der Waals surface area contributed by atoms with Crippen LogP contribution in [0.2, 0.25) is 5.02 Å². The number of nitrogen functional groups attached to an aromatic ring is 1. The molecule has 1 aromatic heterocycles. The van der Waals surface area contributed by atoms with Gasteiger partial charge in [-0.15, -0.1) is 0 Å². The Kier molecular flexibility index (Phi) is 3.21. The number of halogens is 2. The molecule has 0 saturated heterocycles. The predicted octanol–water partition coefficient (Wildman–Crippen LogP) is 3.90. The molecule has 1 aromatic carbocycles. The van der Waals surface area contributed by atoms with Gasteiger partial charge in [0, 0.05) is 20.6 Å². The molecule has 0 bridgehead atoms. The lowest BCUT2D eigenvalue weighted by atomic mass is 10.1. The van der Waals surface area contributed by atoms with E-state index in [1.54, 1.807) is 6.07 Å². The Morgan fingerprint density at radius 3 is 2.94 bits per heavy atom. The Bertz CT molecular complexity index is 525. The quantitative estimate of drug-likeness (QED) is 0.915.